The summed E-state index contributed by atoms with van der Waals surface area (Å²) < 4.78 is 5.68. The zero-order chi connectivity index (χ0) is 11.3. The lowest BCUT2D eigenvalue weighted by Gasteiger charge is -2.29. The number of ether oxygens (including phenoxy) is 1. The molecule has 1 rings (SSSR count). The van der Waals surface area contributed by atoms with Crippen molar-refractivity contribution in [2.24, 2.45) is 5.41 Å². The SMILES string of the molecule is CN(CCC(C)(C)C)CC1CNCCO1. The highest BCUT2D eigenvalue weighted by atomic mass is 16.5. The van der Waals surface area contributed by atoms with Crippen molar-refractivity contribution in [1.29, 1.82) is 0 Å². The summed E-state index contributed by atoms with van der Waals surface area (Å²) in [6, 6.07) is 0. The normalized spacial score (nSPS) is 23.4. The molecule has 1 N–H and O–H groups in total. The molecule has 15 heavy (non-hydrogen) atoms. The van der Waals surface area contributed by atoms with Gasteiger partial charge in [-0.25, -0.2) is 0 Å². The molecule has 1 unspecified atom stereocenters. The minimum absolute atomic E-state index is 0.378. The summed E-state index contributed by atoms with van der Waals surface area (Å²) in [4.78, 5) is 2.38. The maximum atomic E-state index is 5.68. The topological polar surface area (TPSA) is 24.5 Å². The Balaban J connectivity index is 2.14. The minimum Gasteiger partial charge on any atom is -0.374 e. The smallest absolute Gasteiger partial charge is 0.0826 e. The molecule has 0 aromatic rings. The molecule has 1 aliphatic rings. The highest BCUT2D eigenvalue weighted by molar-refractivity contribution is 4.72. The van der Waals surface area contributed by atoms with Gasteiger partial charge < -0.3 is 15.0 Å². The molecule has 3 heteroatoms. The molecule has 0 spiro atoms. The van der Waals surface area contributed by atoms with Gasteiger partial charge in [0.1, 0.15) is 0 Å². The lowest BCUT2D eigenvalue weighted by Crippen LogP contribution is -2.44. The summed E-state index contributed by atoms with van der Waals surface area (Å²) in [5.41, 5.74) is 0.430. The van der Waals surface area contributed by atoms with Gasteiger partial charge in [-0.05, 0) is 25.4 Å². The Hall–Kier alpha value is -0.120. The van der Waals surface area contributed by atoms with Crippen molar-refractivity contribution in [3.63, 3.8) is 0 Å². The molecule has 1 fully saturated rings. The van der Waals surface area contributed by atoms with Crippen LogP contribution in [0.2, 0.25) is 0 Å². The number of nitrogens with zero attached hydrogens (tertiary/aromatic N) is 1. The molecule has 3 nitrogen and oxygen atoms in total. The summed E-state index contributed by atoms with van der Waals surface area (Å²) in [7, 11) is 2.18. The van der Waals surface area contributed by atoms with Gasteiger partial charge >= 0.3 is 0 Å². The van der Waals surface area contributed by atoms with Gasteiger partial charge in [0.2, 0.25) is 0 Å². The largest absolute Gasteiger partial charge is 0.374 e. The molecule has 90 valence electrons. The maximum Gasteiger partial charge on any atom is 0.0826 e. The van der Waals surface area contributed by atoms with E-state index >= 15 is 0 Å². The van der Waals surface area contributed by atoms with Crippen LogP contribution in [0.4, 0.5) is 0 Å². The van der Waals surface area contributed by atoms with Crippen molar-refractivity contribution in [3.05, 3.63) is 0 Å². The number of rotatable bonds is 4. The fourth-order valence-electron chi connectivity index (χ4n) is 1.70. The Bertz CT molecular complexity index is 171. The van der Waals surface area contributed by atoms with Gasteiger partial charge in [-0.15, -0.1) is 0 Å². The van der Waals surface area contributed by atoms with Gasteiger partial charge in [0.15, 0.2) is 0 Å². The third kappa shape index (κ3) is 6.13. The molecule has 0 bridgehead atoms. The third-order valence-corrected chi connectivity index (χ3v) is 2.76. The Morgan fingerprint density at radius 1 is 1.40 bits per heavy atom. The monoisotopic (exact) mass is 214 g/mol. The van der Waals surface area contributed by atoms with E-state index in [1.54, 1.807) is 0 Å². The molecule has 1 heterocycles. The van der Waals surface area contributed by atoms with E-state index in [1.807, 2.05) is 0 Å². The Labute approximate surface area is 94.2 Å². The van der Waals surface area contributed by atoms with Crippen molar-refractivity contribution in [3.8, 4) is 0 Å². The molecule has 1 aliphatic heterocycles. The number of nitrogens with one attached hydrogen (secondary N) is 1. The van der Waals surface area contributed by atoms with Crippen molar-refractivity contribution >= 4 is 0 Å². The van der Waals surface area contributed by atoms with Crippen LogP contribution in [-0.4, -0.2) is 50.8 Å². The van der Waals surface area contributed by atoms with E-state index in [0.717, 1.165) is 32.8 Å². The van der Waals surface area contributed by atoms with Crippen LogP contribution in [-0.2, 0) is 4.74 Å². The van der Waals surface area contributed by atoms with Gasteiger partial charge in [0.25, 0.3) is 0 Å². The van der Waals surface area contributed by atoms with E-state index in [0.29, 0.717) is 11.5 Å². The first-order valence-corrected chi connectivity index (χ1v) is 5.98. The van der Waals surface area contributed by atoms with E-state index in [-0.39, 0.29) is 0 Å². The standard InChI is InChI=1S/C12H26N2O/c1-12(2,3)5-7-14(4)10-11-9-13-6-8-15-11/h11,13H,5-10H2,1-4H3. The van der Waals surface area contributed by atoms with E-state index in [1.165, 1.54) is 6.42 Å². The molecule has 1 atom stereocenters. The molecule has 0 aromatic carbocycles. The highest BCUT2D eigenvalue weighted by Gasteiger charge is 2.17. The average molecular weight is 214 g/mol. The second-order valence-corrected chi connectivity index (χ2v) is 5.77. The molecule has 0 aliphatic carbocycles. The maximum absolute atomic E-state index is 5.68. The summed E-state index contributed by atoms with van der Waals surface area (Å²) in [5, 5.41) is 3.36. The zero-order valence-corrected chi connectivity index (χ0v) is 10.7. The van der Waals surface area contributed by atoms with Gasteiger partial charge in [0, 0.05) is 19.6 Å². The van der Waals surface area contributed by atoms with Gasteiger partial charge in [0.05, 0.1) is 12.7 Å². The zero-order valence-electron chi connectivity index (χ0n) is 10.7. The van der Waals surface area contributed by atoms with Crippen LogP contribution in [0.15, 0.2) is 0 Å². The van der Waals surface area contributed by atoms with E-state index in [4.69, 9.17) is 4.74 Å². The fourth-order valence-corrected chi connectivity index (χ4v) is 1.70. The predicted octanol–water partition coefficient (Wildman–Crippen LogP) is 1.34. The van der Waals surface area contributed by atoms with Crippen LogP contribution >= 0.6 is 0 Å². The molecule has 0 amide bonds. The highest BCUT2D eigenvalue weighted by Crippen LogP contribution is 2.18. The Morgan fingerprint density at radius 3 is 2.67 bits per heavy atom. The van der Waals surface area contributed by atoms with Crippen LogP contribution in [0.25, 0.3) is 0 Å². The van der Waals surface area contributed by atoms with Crippen molar-refractivity contribution in [1.82, 2.24) is 10.2 Å². The quantitative estimate of drug-likeness (QED) is 0.764. The molecule has 0 radical (unpaired) electrons. The first kappa shape index (κ1) is 12.9. The first-order valence-electron chi connectivity index (χ1n) is 5.98. The van der Waals surface area contributed by atoms with Crippen LogP contribution in [0.5, 0.6) is 0 Å². The van der Waals surface area contributed by atoms with Crippen molar-refractivity contribution in [2.75, 3.05) is 39.8 Å². The van der Waals surface area contributed by atoms with E-state index < -0.39 is 0 Å². The summed E-state index contributed by atoms with van der Waals surface area (Å²) in [6.07, 6.45) is 1.62. The number of hydrogen-bond acceptors (Lipinski definition) is 3. The van der Waals surface area contributed by atoms with Crippen LogP contribution in [0, 0.1) is 5.41 Å². The van der Waals surface area contributed by atoms with Gasteiger partial charge in [-0.3, -0.25) is 0 Å². The average Bonchev–Trinajstić information content (AvgIpc) is 2.15. The second-order valence-electron chi connectivity index (χ2n) is 5.77. The lowest BCUT2D eigenvalue weighted by atomic mass is 9.92. The van der Waals surface area contributed by atoms with Gasteiger partial charge in [-0.2, -0.15) is 0 Å². The van der Waals surface area contributed by atoms with Crippen LogP contribution in [0.3, 0.4) is 0 Å². The van der Waals surface area contributed by atoms with Crippen LogP contribution in [0.1, 0.15) is 27.2 Å². The molecule has 1 saturated heterocycles. The van der Waals surface area contributed by atoms with Crippen LogP contribution < -0.4 is 5.32 Å². The Kier molecular flexibility index (Phi) is 5.03. The molecule has 0 saturated carbocycles. The lowest BCUT2D eigenvalue weighted by molar-refractivity contribution is 0.00875. The summed E-state index contributed by atoms with van der Waals surface area (Å²) in [6.45, 7) is 11.9. The number of morpholine rings is 1. The molecular weight excluding hydrogens is 188 g/mol. The number of likely N-dealkylation sites (N-methyl/N-ethyl adjacent to an activating group) is 1. The van der Waals surface area contributed by atoms with Gasteiger partial charge in [-0.1, -0.05) is 20.8 Å². The fraction of sp³-hybridized carbons (Fsp3) is 1.00. The minimum atomic E-state index is 0.378. The second kappa shape index (κ2) is 5.83. The number of hydrogen-bond donors (Lipinski definition) is 1. The first-order chi connectivity index (χ1) is 6.97. The third-order valence-electron chi connectivity index (χ3n) is 2.76. The summed E-state index contributed by atoms with van der Waals surface area (Å²) in [5.74, 6) is 0. The Morgan fingerprint density at radius 2 is 2.13 bits per heavy atom. The predicted molar refractivity (Wildman–Crippen MR) is 64.2 cm³/mol. The summed E-state index contributed by atoms with van der Waals surface area (Å²) >= 11 is 0. The van der Waals surface area contributed by atoms with Crippen molar-refractivity contribution in [2.45, 2.75) is 33.3 Å². The molecular formula is C12H26N2O. The van der Waals surface area contributed by atoms with E-state index in [9.17, 15) is 0 Å². The van der Waals surface area contributed by atoms with E-state index in [2.05, 4.69) is 38.0 Å². The van der Waals surface area contributed by atoms with Crippen molar-refractivity contribution < 1.29 is 4.74 Å². The molecule has 0 aromatic heterocycles.